The lowest BCUT2D eigenvalue weighted by atomic mass is 10.2. The van der Waals surface area contributed by atoms with Crippen molar-refractivity contribution in [3.63, 3.8) is 0 Å². The van der Waals surface area contributed by atoms with Crippen LogP contribution in [0.25, 0.3) is 0 Å². The van der Waals surface area contributed by atoms with E-state index in [4.69, 9.17) is 6.42 Å². The first-order valence-corrected chi connectivity index (χ1v) is 3.85. The average molecular weight is 222 g/mol. The van der Waals surface area contributed by atoms with Crippen molar-refractivity contribution < 1.29 is 4.79 Å². The van der Waals surface area contributed by atoms with Gasteiger partial charge < -0.3 is 0 Å². The first kappa shape index (κ1) is 7.96. The molecular weight excluding hydrogens is 215 g/mol. The van der Waals surface area contributed by atoms with Gasteiger partial charge in [0.05, 0.1) is 4.43 Å². The quantitative estimate of drug-likeness (QED) is 0.400. The summed E-state index contributed by atoms with van der Waals surface area (Å²) in [6, 6.07) is 0. The highest BCUT2D eigenvalue weighted by atomic mass is 127. The van der Waals surface area contributed by atoms with Crippen LogP contribution in [0.3, 0.4) is 0 Å². The molecule has 0 saturated carbocycles. The highest BCUT2D eigenvalue weighted by molar-refractivity contribution is 14.1. The van der Waals surface area contributed by atoms with E-state index < -0.39 is 0 Å². The number of alkyl halides is 1. The fourth-order valence-corrected chi connectivity index (χ4v) is 0.660. The minimum atomic E-state index is 0.239. The van der Waals surface area contributed by atoms with Gasteiger partial charge in [0.1, 0.15) is 5.78 Å². The van der Waals surface area contributed by atoms with Gasteiger partial charge >= 0.3 is 0 Å². The molecule has 0 unspecified atom stereocenters. The van der Waals surface area contributed by atoms with E-state index >= 15 is 0 Å². The van der Waals surface area contributed by atoms with Crippen molar-refractivity contribution in [3.8, 4) is 12.3 Å². The summed E-state index contributed by atoms with van der Waals surface area (Å²) >= 11 is 2.03. The maximum absolute atomic E-state index is 10.5. The van der Waals surface area contributed by atoms with Crippen molar-refractivity contribution in [3.05, 3.63) is 0 Å². The Kier molecular flexibility index (Phi) is 5.08. The molecule has 0 bridgehead atoms. The molecule has 0 aliphatic carbocycles. The Balaban J connectivity index is 3.15. The summed E-state index contributed by atoms with van der Waals surface area (Å²) in [5, 5.41) is 0. The summed E-state index contributed by atoms with van der Waals surface area (Å²) in [6.45, 7) is 0. The number of Topliss-reactive ketones (excluding diaryl/α,β-unsaturated/α-hetero) is 1. The van der Waals surface area contributed by atoms with Gasteiger partial charge in [0, 0.05) is 12.8 Å². The van der Waals surface area contributed by atoms with E-state index in [1.807, 2.05) is 22.6 Å². The zero-order chi connectivity index (χ0) is 6.41. The first-order valence-electron chi connectivity index (χ1n) is 2.32. The number of terminal acetylenes is 1. The van der Waals surface area contributed by atoms with Crippen LogP contribution in [0, 0.1) is 12.3 Å². The van der Waals surface area contributed by atoms with Crippen LogP contribution in [-0.2, 0) is 4.79 Å². The van der Waals surface area contributed by atoms with Gasteiger partial charge in [-0.2, -0.15) is 0 Å². The van der Waals surface area contributed by atoms with E-state index in [9.17, 15) is 4.79 Å². The van der Waals surface area contributed by atoms with Crippen LogP contribution in [0.4, 0.5) is 0 Å². The molecular formula is C6H7IO. The smallest absolute Gasteiger partial charge is 0.143 e. The predicted molar refractivity (Wildman–Crippen MR) is 42.0 cm³/mol. The summed E-state index contributed by atoms with van der Waals surface area (Å²) in [7, 11) is 0. The zero-order valence-electron chi connectivity index (χ0n) is 4.48. The Labute approximate surface area is 63.0 Å². The molecule has 8 heavy (non-hydrogen) atoms. The van der Waals surface area contributed by atoms with E-state index in [-0.39, 0.29) is 5.78 Å². The van der Waals surface area contributed by atoms with Crippen molar-refractivity contribution in [2.24, 2.45) is 0 Å². The van der Waals surface area contributed by atoms with Gasteiger partial charge in [-0.1, -0.05) is 22.6 Å². The highest BCUT2D eigenvalue weighted by Gasteiger charge is 1.94. The van der Waals surface area contributed by atoms with Gasteiger partial charge in [0.2, 0.25) is 0 Å². The van der Waals surface area contributed by atoms with Crippen LogP contribution >= 0.6 is 22.6 Å². The summed E-state index contributed by atoms with van der Waals surface area (Å²) in [5.74, 6) is 2.65. The van der Waals surface area contributed by atoms with E-state index in [1.165, 1.54) is 0 Å². The maximum atomic E-state index is 10.5. The largest absolute Gasteiger partial charge is 0.299 e. The second-order valence-corrected chi connectivity index (χ2v) is 2.14. The van der Waals surface area contributed by atoms with Gasteiger partial charge in [-0.05, 0) is 0 Å². The number of carbonyl (C=O) groups excluding carboxylic acids is 1. The predicted octanol–water partition coefficient (Wildman–Crippen LogP) is 1.40. The van der Waals surface area contributed by atoms with Crippen LogP contribution in [0.5, 0.6) is 0 Å². The third kappa shape index (κ3) is 4.13. The summed E-state index contributed by atoms with van der Waals surface area (Å²) in [6.07, 6.45) is 6.05. The number of ketones is 1. The molecule has 0 aliphatic heterocycles. The number of rotatable bonds is 3. The van der Waals surface area contributed by atoms with Crippen molar-refractivity contribution in [2.75, 3.05) is 4.43 Å². The topological polar surface area (TPSA) is 17.1 Å². The van der Waals surface area contributed by atoms with Gasteiger partial charge in [-0.15, -0.1) is 12.3 Å². The fraction of sp³-hybridized carbons (Fsp3) is 0.500. The molecule has 0 radical (unpaired) electrons. The Bertz CT molecular complexity index is 112. The molecule has 2 heteroatoms. The standard InChI is InChI=1S/C6H7IO/c1-2-3-4-6(8)5-7/h1H,3-5H2. The normalized spacial score (nSPS) is 8.00. The molecule has 0 aromatic carbocycles. The van der Waals surface area contributed by atoms with Crippen LogP contribution < -0.4 is 0 Å². The maximum Gasteiger partial charge on any atom is 0.143 e. The molecule has 0 aromatic rings. The molecule has 0 spiro atoms. The monoisotopic (exact) mass is 222 g/mol. The van der Waals surface area contributed by atoms with Crippen LogP contribution in [-0.4, -0.2) is 10.2 Å². The highest BCUT2D eigenvalue weighted by Crippen LogP contribution is 1.92. The van der Waals surface area contributed by atoms with Crippen molar-refractivity contribution in [1.82, 2.24) is 0 Å². The van der Waals surface area contributed by atoms with E-state index in [1.54, 1.807) is 0 Å². The molecule has 0 rings (SSSR count). The summed E-state index contributed by atoms with van der Waals surface area (Å²) < 4.78 is 0.583. The van der Waals surface area contributed by atoms with Crippen LogP contribution in [0.1, 0.15) is 12.8 Å². The third-order valence-corrected chi connectivity index (χ3v) is 1.55. The number of carbonyl (C=O) groups is 1. The fourth-order valence-electron chi connectivity index (χ4n) is 0.278. The minimum absolute atomic E-state index is 0.239. The van der Waals surface area contributed by atoms with Crippen molar-refractivity contribution in [2.45, 2.75) is 12.8 Å². The van der Waals surface area contributed by atoms with Crippen molar-refractivity contribution >= 4 is 28.4 Å². The lowest BCUT2D eigenvalue weighted by Crippen LogP contribution is -1.96. The molecule has 0 aromatic heterocycles. The molecule has 0 atom stereocenters. The van der Waals surface area contributed by atoms with E-state index in [0.29, 0.717) is 17.3 Å². The Morgan fingerprint density at radius 3 is 2.75 bits per heavy atom. The first-order chi connectivity index (χ1) is 3.81. The molecule has 0 heterocycles. The third-order valence-electron chi connectivity index (χ3n) is 0.697. The number of hydrogen-bond donors (Lipinski definition) is 0. The molecule has 0 amide bonds. The molecule has 0 fully saturated rings. The van der Waals surface area contributed by atoms with Gasteiger partial charge in [0.15, 0.2) is 0 Å². The Morgan fingerprint density at radius 2 is 2.38 bits per heavy atom. The van der Waals surface area contributed by atoms with Gasteiger partial charge in [-0.3, -0.25) is 4.79 Å². The molecule has 44 valence electrons. The van der Waals surface area contributed by atoms with Crippen LogP contribution in [0.2, 0.25) is 0 Å². The van der Waals surface area contributed by atoms with E-state index in [2.05, 4.69) is 5.92 Å². The zero-order valence-corrected chi connectivity index (χ0v) is 6.64. The van der Waals surface area contributed by atoms with Crippen molar-refractivity contribution in [1.29, 1.82) is 0 Å². The lowest BCUT2D eigenvalue weighted by Gasteiger charge is -1.86. The van der Waals surface area contributed by atoms with Crippen LogP contribution in [0.15, 0.2) is 0 Å². The minimum Gasteiger partial charge on any atom is -0.299 e. The second-order valence-electron chi connectivity index (χ2n) is 1.38. The summed E-state index contributed by atoms with van der Waals surface area (Å²) in [5.41, 5.74) is 0. The van der Waals surface area contributed by atoms with Gasteiger partial charge in [-0.25, -0.2) is 0 Å². The second kappa shape index (κ2) is 5.10. The average Bonchev–Trinajstić information content (AvgIpc) is 1.83. The number of hydrogen-bond acceptors (Lipinski definition) is 1. The van der Waals surface area contributed by atoms with Gasteiger partial charge in [0.25, 0.3) is 0 Å². The summed E-state index contributed by atoms with van der Waals surface area (Å²) in [4.78, 5) is 10.5. The molecule has 0 N–H and O–H groups in total. The SMILES string of the molecule is C#CCCC(=O)CI. The Morgan fingerprint density at radius 1 is 1.75 bits per heavy atom. The number of halogens is 1. The lowest BCUT2D eigenvalue weighted by molar-refractivity contribution is -0.116. The molecule has 0 saturated heterocycles. The molecule has 0 aliphatic rings. The van der Waals surface area contributed by atoms with E-state index in [0.717, 1.165) is 0 Å². The molecule has 1 nitrogen and oxygen atoms in total. The Hall–Kier alpha value is -0.0400.